The van der Waals surface area contributed by atoms with E-state index in [1.165, 1.54) is 5.56 Å². The number of nitrogens with one attached hydrogen (secondary N) is 2. The first-order valence-electron chi connectivity index (χ1n) is 2.64. The summed E-state index contributed by atoms with van der Waals surface area (Å²) >= 11 is 2.30. The van der Waals surface area contributed by atoms with E-state index in [2.05, 4.69) is 38.1 Å². The molecule has 1 aromatic heterocycles. The van der Waals surface area contributed by atoms with Gasteiger partial charge in [0.15, 0.2) is 0 Å². The summed E-state index contributed by atoms with van der Waals surface area (Å²) in [6.45, 7) is 0. The van der Waals surface area contributed by atoms with Crippen molar-refractivity contribution in [1.82, 2.24) is 15.5 Å². The summed E-state index contributed by atoms with van der Waals surface area (Å²) in [4.78, 5) is 0. The molecule has 50 valence electrons. The zero-order chi connectivity index (χ0) is 6.69. The van der Waals surface area contributed by atoms with Crippen molar-refractivity contribution in [3.05, 3.63) is 18.0 Å². The molecule has 2 N–H and O–H groups in total. The summed E-state index contributed by atoms with van der Waals surface area (Å²) in [6.07, 6.45) is 3.70. The summed E-state index contributed by atoms with van der Waals surface area (Å²) in [7, 11) is 1.92. The van der Waals surface area contributed by atoms with E-state index in [9.17, 15) is 0 Å². The van der Waals surface area contributed by atoms with Gasteiger partial charge in [-0.1, -0.05) is 22.6 Å². The molecule has 0 amide bonds. The lowest BCUT2D eigenvalue weighted by Crippen LogP contribution is -2.07. The van der Waals surface area contributed by atoms with Gasteiger partial charge in [-0.15, -0.1) is 0 Å². The Bertz CT molecular complexity index is 161. The van der Waals surface area contributed by atoms with Crippen molar-refractivity contribution in [2.75, 3.05) is 7.05 Å². The average Bonchev–Trinajstić information content (AvgIpc) is 2.37. The van der Waals surface area contributed by atoms with Crippen LogP contribution in [0.4, 0.5) is 0 Å². The summed E-state index contributed by atoms with van der Waals surface area (Å²) in [5.41, 5.74) is 1.18. The Balaban J connectivity index is 2.65. The standard InChI is InChI=1S/C5H8IN3/c1-7-5(6)4-2-8-9-3-4/h2-3,5,7H,1H3,(H,8,9). The number of halogens is 1. The van der Waals surface area contributed by atoms with Crippen LogP contribution in [0.25, 0.3) is 0 Å². The molecule has 0 spiro atoms. The Morgan fingerprint density at radius 3 is 3.11 bits per heavy atom. The third kappa shape index (κ3) is 1.65. The minimum Gasteiger partial charge on any atom is -0.305 e. The fourth-order valence-electron chi connectivity index (χ4n) is 0.566. The van der Waals surface area contributed by atoms with E-state index in [-0.39, 0.29) is 0 Å². The van der Waals surface area contributed by atoms with Crippen LogP contribution in [0.3, 0.4) is 0 Å². The molecule has 1 heterocycles. The lowest BCUT2D eigenvalue weighted by atomic mass is 10.4. The first-order valence-corrected chi connectivity index (χ1v) is 3.89. The van der Waals surface area contributed by atoms with Crippen molar-refractivity contribution >= 4 is 22.6 Å². The van der Waals surface area contributed by atoms with Crippen LogP contribution in [0.1, 0.15) is 9.61 Å². The van der Waals surface area contributed by atoms with Crippen LogP contribution in [0.15, 0.2) is 12.4 Å². The fourth-order valence-corrected chi connectivity index (χ4v) is 0.907. The molecule has 0 saturated heterocycles. The smallest absolute Gasteiger partial charge is 0.0877 e. The summed E-state index contributed by atoms with van der Waals surface area (Å²) in [5, 5.41) is 9.67. The molecule has 4 heteroatoms. The highest BCUT2D eigenvalue weighted by Gasteiger charge is 2.02. The molecule has 0 aliphatic heterocycles. The predicted molar refractivity (Wildman–Crippen MR) is 44.4 cm³/mol. The van der Waals surface area contributed by atoms with Crippen molar-refractivity contribution < 1.29 is 0 Å². The summed E-state index contributed by atoms with van der Waals surface area (Å²) in [6, 6.07) is 0. The Morgan fingerprint density at radius 1 is 1.89 bits per heavy atom. The maximum absolute atomic E-state index is 3.82. The molecule has 1 unspecified atom stereocenters. The number of alkyl halides is 1. The quantitative estimate of drug-likeness (QED) is 0.458. The number of aromatic nitrogens is 2. The molecule has 1 atom stereocenters. The normalized spacial score (nSPS) is 13.6. The second kappa shape index (κ2) is 3.17. The Hall–Kier alpha value is -0.100. The third-order valence-corrected chi connectivity index (χ3v) is 2.41. The molecule has 0 bridgehead atoms. The number of hydrogen-bond acceptors (Lipinski definition) is 2. The molecule has 9 heavy (non-hydrogen) atoms. The highest BCUT2D eigenvalue weighted by Crippen LogP contribution is 2.16. The third-order valence-electron chi connectivity index (χ3n) is 1.07. The lowest BCUT2D eigenvalue weighted by molar-refractivity contribution is 0.824. The SMILES string of the molecule is CNC(I)c1cn[nH]c1. The fraction of sp³-hybridized carbons (Fsp3) is 0.400. The van der Waals surface area contributed by atoms with Crippen LogP contribution in [0, 0.1) is 0 Å². The van der Waals surface area contributed by atoms with Gasteiger partial charge < -0.3 is 5.32 Å². The van der Waals surface area contributed by atoms with E-state index in [0.29, 0.717) is 4.05 Å². The van der Waals surface area contributed by atoms with Gasteiger partial charge in [-0.05, 0) is 7.05 Å². The van der Waals surface area contributed by atoms with E-state index in [1.54, 1.807) is 0 Å². The number of H-pyrrole nitrogens is 1. The highest BCUT2D eigenvalue weighted by atomic mass is 127. The van der Waals surface area contributed by atoms with Gasteiger partial charge in [-0.25, -0.2) is 0 Å². The van der Waals surface area contributed by atoms with Crippen LogP contribution in [0.5, 0.6) is 0 Å². The van der Waals surface area contributed by atoms with Gasteiger partial charge in [-0.3, -0.25) is 5.10 Å². The first-order chi connectivity index (χ1) is 4.34. The summed E-state index contributed by atoms with van der Waals surface area (Å²) in [5.74, 6) is 0. The molecule has 0 radical (unpaired) electrons. The Labute approximate surface area is 67.4 Å². The Morgan fingerprint density at radius 2 is 2.67 bits per heavy atom. The maximum Gasteiger partial charge on any atom is 0.0877 e. The first kappa shape index (κ1) is 7.01. The van der Waals surface area contributed by atoms with Crippen molar-refractivity contribution in [3.8, 4) is 0 Å². The van der Waals surface area contributed by atoms with Gasteiger partial charge in [-0.2, -0.15) is 5.10 Å². The number of rotatable bonds is 2. The van der Waals surface area contributed by atoms with Crippen molar-refractivity contribution in [2.45, 2.75) is 4.05 Å². The molecular weight excluding hydrogens is 229 g/mol. The van der Waals surface area contributed by atoms with E-state index < -0.39 is 0 Å². The number of nitrogens with zero attached hydrogens (tertiary/aromatic N) is 1. The number of aromatic amines is 1. The zero-order valence-electron chi connectivity index (χ0n) is 5.06. The molecule has 0 aliphatic carbocycles. The molecule has 0 fully saturated rings. The van der Waals surface area contributed by atoms with E-state index in [1.807, 2.05) is 19.4 Å². The van der Waals surface area contributed by atoms with Gasteiger partial charge >= 0.3 is 0 Å². The second-order valence-electron chi connectivity index (χ2n) is 1.68. The lowest BCUT2D eigenvalue weighted by Gasteiger charge is -2.02. The van der Waals surface area contributed by atoms with Crippen molar-refractivity contribution in [3.63, 3.8) is 0 Å². The zero-order valence-corrected chi connectivity index (χ0v) is 7.21. The van der Waals surface area contributed by atoms with Gasteiger partial charge in [0.1, 0.15) is 0 Å². The average molecular weight is 237 g/mol. The molecule has 1 rings (SSSR count). The van der Waals surface area contributed by atoms with Crippen LogP contribution in [0.2, 0.25) is 0 Å². The molecular formula is C5H8IN3. The van der Waals surface area contributed by atoms with Crippen molar-refractivity contribution in [2.24, 2.45) is 0 Å². The van der Waals surface area contributed by atoms with E-state index in [0.717, 1.165) is 0 Å². The monoisotopic (exact) mass is 237 g/mol. The second-order valence-corrected chi connectivity index (χ2v) is 2.93. The highest BCUT2D eigenvalue weighted by molar-refractivity contribution is 14.1. The topological polar surface area (TPSA) is 40.7 Å². The molecule has 1 aromatic rings. The van der Waals surface area contributed by atoms with Crippen molar-refractivity contribution in [1.29, 1.82) is 0 Å². The van der Waals surface area contributed by atoms with Crippen LogP contribution >= 0.6 is 22.6 Å². The maximum atomic E-state index is 3.82. The minimum atomic E-state index is 0.362. The molecule has 0 aliphatic rings. The van der Waals surface area contributed by atoms with Gasteiger partial charge in [0.05, 0.1) is 10.2 Å². The van der Waals surface area contributed by atoms with Crippen LogP contribution in [-0.2, 0) is 0 Å². The van der Waals surface area contributed by atoms with Gasteiger partial charge in [0.2, 0.25) is 0 Å². The van der Waals surface area contributed by atoms with E-state index in [4.69, 9.17) is 0 Å². The molecule has 0 saturated carbocycles. The molecule has 0 aromatic carbocycles. The van der Waals surface area contributed by atoms with Crippen LogP contribution in [-0.4, -0.2) is 17.2 Å². The minimum absolute atomic E-state index is 0.362. The van der Waals surface area contributed by atoms with E-state index >= 15 is 0 Å². The van der Waals surface area contributed by atoms with Crippen LogP contribution < -0.4 is 5.32 Å². The van der Waals surface area contributed by atoms with Gasteiger partial charge in [0, 0.05) is 11.8 Å². The number of hydrogen-bond donors (Lipinski definition) is 2. The Kier molecular flexibility index (Phi) is 2.47. The summed E-state index contributed by atoms with van der Waals surface area (Å²) < 4.78 is 0.362. The molecule has 3 nitrogen and oxygen atoms in total. The largest absolute Gasteiger partial charge is 0.305 e. The van der Waals surface area contributed by atoms with Gasteiger partial charge in [0.25, 0.3) is 0 Å². The predicted octanol–water partition coefficient (Wildman–Crippen LogP) is 1.06.